The zero-order valence-electron chi connectivity index (χ0n) is 15.5. The van der Waals surface area contributed by atoms with Crippen LogP contribution in [0.3, 0.4) is 0 Å². The topological polar surface area (TPSA) is 108 Å². The predicted molar refractivity (Wildman–Crippen MR) is 103 cm³/mol. The summed E-state index contributed by atoms with van der Waals surface area (Å²) in [6.45, 7) is 1.42. The number of amides is 3. The third-order valence-electron chi connectivity index (χ3n) is 4.99. The Morgan fingerprint density at radius 2 is 1.62 bits per heavy atom. The van der Waals surface area contributed by atoms with Crippen LogP contribution in [0.15, 0.2) is 47.1 Å². The number of carbonyl (C=O) groups excluding carboxylic acids is 3. The molecule has 0 unspecified atom stereocenters. The molecule has 2 saturated heterocycles. The van der Waals surface area contributed by atoms with Gasteiger partial charge in [-0.3, -0.25) is 14.4 Å². The summed E-state index contributed by atoms with van der Waals surface area (Å²) in [5, 5.41) is 0. The highest BCUT2D eigenvalue weighted by Crippen LogP contribution is 2.26. The van der Waals surface area contributed by atoms with Crippen molar-refractivity contribution in [2.24, 2.45) is 0 Å². The Hall–Kier alpha value is -3.14. The molecule has 0 spiro atoms. The lowest BCUT2D eigenvalue weighted by molar-refractivity contribution is -0.116. The molecule has 2 aliphatic rings. The largest absolute Gasteiger partial charge is 0.459 e. The van der Waals surface area contributed by atoms with Crippen LogP contribution in [0, 0.1) is 0 Å². The lowest BCUT2D eigenvalue weighted by Crippen LogP contribution is -2.50. The van der Waals surface area contributed by atoms with Crippen molar-refractivity contribution < 1.29 is 27.2 Å². The first kappa shape index (κ1) is 19.2. The first-order valence-corrected chi connectivity index (χ1v) is 10.8. The normalized spacial score (nSPS) is 18.9. The first-order valence-electron chi connectivity index (χ1n) is 9.15. The predicted octanol–water partition coefficient (Wildman–Crippen LogP) is 0.944. The summed E-state index contributed by atoms with van der Waals surface area (Å²) < 4.78 is 30.1. The van der Waals surface area contributed by atoms with Gasteiger partial charge < -0.3 is 14.2 Å². The van der Waals surface area contributed by atoms with Crippen molar-refractivity contribution in [3.05, 3.63) is 54.0 Å². The third kappa shape index (κ3) is 3.63. The van der Waals surface area contributed by atoms with Gasteiger partial charge in [0, 0.05) is 38.2 Å². The molecule has 2 fully saturated rings. The van der Waals surface area contributed by atoms with E-state index in [-0.39, 0.29) is 35.4 Å². The molecule has 10 heteroatoms. The number of hydrogen-bond acceptors (Lipinski definition) is 6. The van der Waals surface area contributed by atoms with Crippen LogP contribution in [0.5, 0.6) is 0 Å². The van der Waals surface area contributed by atoms with E-state index in [9.17, 15) is 22.8 Å². The zero-order valence-corrected chi connectivity index (χ0v) is 16.3. The van der Waals surface area contributed by atoms with E-state index in [4.69, 9.17) is 4.42 Å². The molecule has 3 amide bonds. The van der Waals surface area contributed by atoms with Crippen molar-refractivity contribution >= 4 is 33.4 Å². The summed E-state index contributed by atoms with van der Waals surface area (Å²) in [6, 6.07) is 9.30. The number of sulfonamides is 1. The van der Waals surface area contributed by atoms with Crippen molar-refractivity contribution in [3.8, 4) is 0 Å². The van der Waals surface area contributed by atoms with Gasteiger partial charge in [-0.05, 0) is 30.3 Å². The average molecular weight is 417 g/mol. The van der Waals surface area contributed by atoms with Crippen molar-refractivity contribution in [3.63, 3.8) is 0 Å². The van der Waals surface area contributed by atoms with Gasteiger partial charge in [0.05, 0.1) is 17.7 Å². The van der Waals surface area contributed by atoms with Gasteiger partial charge in [-0.2, -0.15) is 0 Å². The molecular weight excluding hydrogens is 398 g/mol. The van der Waals surface area contributed by atoms with Gasteiger partial charge in [-0.15, -0.1) is 0 Å². The number of carbonyl (C=O) groups is 3. The highest BCUT2D eigenvalue weighted by molar-refractivity contribution is 7.94. The molecule has 2 aromatic rings. The number of nitrogens with zero attached hydrogens (tertiary/aromatic N) is 3. The fourth-order valence-electron chi connectivity index (χ4n) is 3.49. The second kappa shape index (κ2) is 7.36. The number of rotatable bonds is 3. The van der Waals surface area contributed by atoms with Crippen LogP contribution in [0.2, 0.25) is 0 Å². The van der Waals surface area contributed by atoms with E-state index >= 15 is 0 Å². The van der Waals surface area contributed by atoms with Crippen LogP contribution in [0.25, 0.3) is 0 Å². The molecule has 4 rings (SSSR count). The first-order chi connectivity index (χ1) is 13.9. The van der Waals surface area contributed by atoms with E-state index in [1.54, 1.807) is 34.1 Å². The Balaban J connectivity index is 1.46. The molecule has 9 nitrogen and oxygen atoms in total. The van der Waals surface area contributed by atoms with Gasteiger partial charge in [-0.25, -0.2) is 12.7 Å². The number of hydrogen-bond donors (Lipinski definition) is 0. The summed E-state index contributed by atoms with van der Waals surface area (Å²) >= 11 is 0. The lowest BCUT2D eigenvalue weighted by atomic mass is 10.1. The second-order valence-electron chi connectivity index (χ2n) is 6.84. The zero-order chi connectivity index (χ0) is 20.6. The van der Waals surface area contributed by atoms with Gasteiger partial charge in [0.1, 0.15) is 0 Å². The van der Waals surface area contributed by atoms with Crippen LogP contribution < -0.4 is 4.31 Å². The molecule has 0 atom stereocenters. The molecule has 1 aromatic carbocycles. The van der Waals surface area contributed by atoms with Crippen LogP contribution in [-0.4, -0.2) is 67.9 Å². The minimum Gasteiger partial charge on any atom is -0.459 e. The molecule has 0 N–H and O–H groups in total. The van der Waals surface area contributed by atoms with E-state index in [1.807, 2.05) is 0 Å². The number of piperazine rings is 1. The van der Waals surface area contributed by atoms with E-state index in [0.29, 0.717) is 31.7 Å². The van der Waals surface area contributed by atoms with Crippen LogP contribution in [0.1, 0.15) is 27.3 Å². The van der Waals surface area contributed by atoms with Crippen molar-refractivity contribution in [1.82, 2.24) is 9.80 Å². The molecule has 0 aliphatic carbocycles. The summed E-state index contributed by atoms with van der Waals surface area (Å²) in [6.07, 6.45) is 1.37. The Labute approximate surface area is 167 Å². The van der Waals surface area contributed by atoms with Crippen LogP contribution in [-0.2, 0) is 14.8 Å². The van der Waals surface area contributed by atoms with Crippen LogP contribution >= 0.6 is 0 Å². The summed E-state index contributed by atoms with van der Waals surface area (Å²) in [7, 11) is -3.69. The standard InChI is InChI=1S/C19H19N3O6S/c23-17-6-12-29(26,27)22(17)15-4-1-3-14(13-15)18(24)20-7-9-21(10-8-20)19(25)16-5-2-11-28-16/h1-5,11,13H,6-10,12H2. The summed E-state index contributed by atoms with van der Waals surface area (Å²) in [4.78, 5) is 40.4. The van der Waals surface area contributed by atoms with E-state index in [2.05, 4.69) is 0 Å². The Bertz CT molecular complexity index is 1060. The van der Waals surface area contributed by atoms with Gasteiger partial charge in [0.2, 0.25) is 15.9 Å². The number of anilines is 1. The Morgan fingerprint density at radius 1 is 0.931 bits per heavy atom. The smallest absolute Gasteiger partial charge is 0.289 e. The van der Waals surface area contributed by atoms with Crippen LogP contribution in [0.4, 0.5) is 5.69 Å². The molecule has 1 aromatic heterocycles. The maximum Gasteiger partial charge on any atom is 0.289 e. The van der Waals surface area contributed by atoms with Gasteiger partial charge >= 0.3 is 0 Å². The van der Waals surface area contributed by atoms with Crippen molar-refractivity contribution in [2.75, 3.05) is 36.2 Å². The van der Waals surface area contributed by atoms with Gasteiger partial charge in [-0.1, -0.05) is 6.07 Å². The van der Waals surface area contributed by atoms with Gasteiger partial charge in [0.15, 0.2) is 5.76 Å². The molecule has 3 heterocycles. The van der Waals surface area contributed by atoms with Crippen molar-refractivity contribution in [2.45, 2.75) is 6.42 Å². The molecule has 0 saturated carbocycles. The fraction of sp³-hybridized carbons (Fsp3) is 0.316. The fourth-order valence-corrected chi connectivity index (χ4v) is 4.94. The maximum absolute atomic E-state index is 12.9. The monoisotopic (exact) mass is 417 g/mol. The lowest BCUT2D eigenvalue weighted by Gasteiger charge is -2.34. The molecule has 2 aliphatic heterocycles. The highest BCUT2D eigenvalue weighted by atomic mass is 32.2. The summed E-state index contributed by atoms with van der Waals surface area (Å²) in [5.41, 5.74) is 0.466. The molecule has 0 bridgehead atoms. The van der Waals surface area contributed by atoms with Gasteiger partial charge in [0.25, 0.3) is 11.8 Å². The number of furan rings is 1. The van der Waals surface area contributed by atoms with E-state index < -0.39 is 15.9 Å². The number of benzene rings is 1. The van der Waals surface area contributed by atoms with Crippen molar-refractivity contribution in [1.29, 1.82) is 0 Å². The maximum atomic E-state index is 12.9. The second-order valence-corrected chi connectivity index (χ2v) is 8.77. The van der Waals surface area contributed by atoms with E-state index in [1.165, 1.54) is 18.4 Å². The Morgan fingerprint density at radius 3 is 2.21 bits per heavy atom. The molecule has 0 radical (unpaired) electrons. The summed E-state index contributed by atoms with van der Waals surface area (Å²) in [5.74, 6) is -0.966. The quantitative estimate of drug-likeness (QED) is 0.736. The highest BCUT2D eigenvalue weighted by Gasteiger charge is 2.36. The minimum absolute atomic E-state index is 0.0633. The van der Waals surface area contributed by atoms with E-state index in [0.717, 1.165) is 4.31 Å². The molecular formula is C19H19N3O6S. The Kier molecular flexibility index (Phi) is 4.87. The minimum atomic E-state index is -3.69. The third-order valence-corrected chi connectivity index (χ3v) is 6.68. The molecule has 29 heavy (non-hydrogen) atoms. The molecule has 152 valence electrons. The average Bonchev–Trinajstić information content (AvgIpc) is 3.35. The SMILES string of the molecule is O=C(c1cccc(N2C(=O)CCS2(=O)=O)c1)N1CCN(C(=O)c2ccco2)CC1.